The van der Waals surface area contributed by atoms with Crippen molar-refractivity contribution in [1.82, 2.24) is 0 Å². The van der Waals surface area contributed by atoms with Crippen LogP contribution in [0, 0.1) is 0 Å². The molecule has 2 aromatic rings. The summed E-state index contributed by atoms with van der Waals surface area (Å²) in [7, 11) is 0. The van der Waals surface area contributed by atoms with E-state index in [-0.39, 0.29) is 18.3 Å². The second-order valence-corrected chi connectivity index (χ2v) is 4.65. The number of rotatable bonds is 6. The highest BCUT2D eigenvalue weighted by Crippen LogP contribution is 2.19. The first kappa shape index (κ1) is 17.3. The SMILES string of the molecule is CCCCN(C(=O)c1coc(CN)c1)c1ccccc1.Cl. The molecule has 0 saturated carbocycles. The number of nitrogens with zero attached hydrogens (tertiary/aromatic N) is 1. The maximum absolute atomic E-state index is 12.6. The largest absolute Gasteiger partial charge is 0.467 e. The van der Waals surface area contributed by atoms with Crippen molar-refractivity contribution in [2.75, 3.05) is 11.4 Å². The van der Waals surface area contributed by atoms with Gasteiger partial charge in [-0.25, -0.2) is 0 Å². The lowest BCUT2D eigenvalue weighted by atomic mass is 10.2. The molecule has 0 aliphatic heterocycles. The lowest BCUT2D eigenvalue weighted by Gasteiger charge is -2.22. The van der Waals surface area contributed by atoms with E-state index in [1.54, 1.807) is 11.0 Å². The molecule has 0 unspecified atom stereocenters. The fourth-order valence-corrected chi connectivity index (χ4v) is 2.03. The van der Waals surface area contributed by atoms with Crippen LogP contribution in [0.3, 0.4) is 0 Å². The van der Waals surface area contributed by atoms with Crippen LogP contribution < -0.4 is 10.6 Å². The van der Waals surface area contributed by atoms with Gasteiger partial charge in [-0.15, -0.1) is 12.4 Å². The van der Waals surface area contributed by atoms with E-state index in [1.165, 1.54) is 6.26 Å². The highest BCUT2D eigenvalue weighted by Gasteiger charge is 2.19. The molecule has 4 nitrogen and oxygen atoms in total. The van der Waals surface area contributed by atoms with Crippen molar-refractivity contribution in [3.63, 3.8) is 0 Å². The fraction of sp³-hybridized carbons (Fsp3) is 0.312. The number of carbonyl (C=O) groups is 1. The van der Waals surface area contributed by atoms with Gasteiger partial charge in [0.1, 0.15) is 12.0 Å². The van der Waals surface area contributed by atoms with E-state index >= 15 is 0 Å². The van der Waals surface area contributed by atoms with Crippen LogP contribution in [0.2, 0.25) is 0 Å². The van der Waals surface area contributed by atoms with E-state index in [0.29, 0.717) is 24.4 Å². The molecular weight excluding hydrogens is 288 g/mol. The molecule has 5 heteroatoms. The zero-order valence-electron chi connectivity index (χ0n) is 12.1. The maximum atomic E-state index is 12.6. The van der Waals surface area contributed by atoms with Crippen molar-refractivity contribution < 1.29 is 9.21 Å². The number of hydrogen-bond acceptors (Lipinski definition) is 3. The van der Waals surface area contributed by atoms with Gasteiger partial charge in [0.15, 0.2) is 0 Å². The Morgan fingerprint density at radius 2 is 2.00 bits per heavy atom. The van der Waals surface area contributed by atoms with Crippen molar-refractivity contribution in [3.05, 3.63) is 54.0 Å². The standard InChI is InChI=1S/C16H20N2O2.ClH/c1-2-3-9-18(14-7-5-4-6-8-14)16(19)13-10-15(11-17)20-12-13;/h4-8,10,12H,2-3,9,11,17H2,1H3;1H. The van der Waals surface area contributed by atoms with Crippen molar-refractivity contribution in [2.45, 2.75) is 26.3 Å². The van der Waals surface area contributed by atoms with E-state index < -0.39 is 0 Å². The molecule has 21 heavy (non-hydrogen) atoms. The summed E-state index contributed by atoms with van der Waals surface area (Å²) >= 11 is 0. The summed E-state index contributed by atoms with van der Waals surface area (Å²) in [6.07, 6.45) is 3.48. The molecule has 2 N–H and O–H groups in total. The molecular formula is C16H21ClN2O2. The van der Waals surface area contributed by atoms with Crippen LogP contribution in [0.1, 0.15) is 35.9 Å². The van der Waals surface area contributed by atoms with Crippen LogP contribution in [0.5, 0.6) is 0 Å². The molecule has 0 bridgehead atoms. The molecule has 1 heterocycles. The van der Waals surface area contributed by atoms with Crippen LogP contribution in [0.25, 0.3) is 0 Å². The maximum Gasteiger partial charge on any atom is 0.261 e. The number of halogens is 1. The molecule has 2 rings (SSSR count). The van der Waals surface area contributed by atoms with Gasteiger partial charge < -0.3 is 15.1 Å². The number of para-hydroxylation sites is 1. The highest BCUT2D eigenvalue weighted by atomic mass is 35.5. The van der Waals surface area contributed by atoms with Gasteiger partial charge in [0.2, 0.25) is 0 Å². The quantitative estimate of drug-likeness (QED) is 0.887. The Morgan fingerprint density at radius 1 is 1.29 bits per heavy atom. The predicted molar refractivity (Wildman–Crippen MR) is 86.9 cm³/mol. The van der Waals surface area contributed by atoms with Crippen LogP contribution in [0.15, 0.2) is 47.1 Å². The van der Waals surface area contributed by atoms with Crippen LogP contribution in [-0.2, 0) is 6.54 Å². The summed E-state index contributed by atoms with van der Waals surface area (Å²) in [6, 6.07) is 11.4. The Labute approximate surface area is 131 Å². The Kier molecular flexibility index (Phi) is 6.99. The summed E-state index contributed by atoms with van der Waals surface area (Å²) in [6.45, 7) is 3.11. The van der Waals surface area contributed by atoms with Crippen LogP contribution >= 0.6 is 12.4 Å². The number of anilines is 1. The predicted octanol–water partition coefficient (Wildman–Crippen LogP) is 3.61. The lowest BCUT2D eigenvalue weighted by Crippen LogP contribution is -2.31. The van der Waals surface area contributed by atoms with E-state index in [1.807, 2.05) is 30.3 Å². The molecule has 0 saturated heterocycles. The first-order valence-corrected chi connectivity index (χ1v) is 6.90. The van der Waals surface area contributed by atoms with Crippen molar-refractivity contribution in [2.24, 2.45) is 5.73 Å². The van der Waals surface area contributed by atoms with Crippen LogP contribution in [0.4, 0.5) is 5.69 Å². The van der Waals surface area contributed by atoms with Crippen molar-refractivity contribution in [3.8, 4) is 0 Å². The van der Waals surface area contributed by atoms with Gasteiger partial charge in [-0.2, -0.15) is 0 Å². The third-order valence-corrected chi connectivity index (χ3v) is 3.15. The second kappa shape index (κ2) is 8.49. The Hall–Kier alpha value is -1.78. The van der Waals surface area contributed by atoms with Gasteiger partial charge in [-0.1, -0.05) is 31.5 Å². The van der Waals surface area contributed by atoms with Gasteiger partial charge in [-0.05, 0) is 24.6 Å². The Morgan fingerprint density at radius 3 is 2.57 bits per heavy atom. The van der Waals surface area contributed by atoms with Gasteiger partial charge in [0, 0.05) is 12.2 Å². The number of unbranched alkanes of at least 4 members (excludes halogenated alkanes) is 1. The average Bonchev–Trinajstić information content (AvgIpc) is 2.97. The summed E-state index contributed by atoms with van der Waals surface area (Å²) < 4.78 is 5.25. The van der Waals surface area contributed by atoms with E-state index in [9.17, 15) is 4.79 Å². The molecule has 1 amide bonds. The first-order chi connectivity index (χ1) is 9.76. The summed E-state index contributed by atoms with van der Waals surface area (Å²) in [5.41, 5.74) is 6.96. The van der Waals surface area contributed by atoms with Gasteiger partial charge in [0.25, 0.3) is 5.91 Å². The number of carbonyl (C=O) groups excluding carboxylic acids is 1. The monoisotopic (exact) mass is 308 g/mol. The fourth-order valence-electron chi connectivity index (χ4n) is 2.03. The zero-order valence-corrected chi connectivity index (χ0v) is 12.9. The third kappa shape index (κ3) is 4.34. The Balaban J connectivity index is 0.00000220. The molecule has 0 aliphatic rings. The van der Waals surface area contributed by atoms with E-state index in [0.717, 1.165) is 18.5 Å². The van der Waals surface area contributed by atoms with Gasteiger partial charge >= 0.3 is 0 Å². The van der Waals surface area contributed by atoms with Crippen molar-refractivity contribution >= 4 is 24.0 Å². The summed E-state index contributed by atoms with van der Waals surface area (Å²) in [5, 5.41) is 0. The molecule has 1 aromatic heterocycles. The molecule has 1 aromatic carbocycles. The number of nitrogens with two attached hydrogens (primary N) is 1. The zero-order chi connectivity index (χ0) is 14.4. The average molecular weight is 309 g/mol. The second-order valence-electron chi connectivity index (χ2n) is 4.65. The number of benzene rings is 1. The molecule has 0 spiro atoms. The third-order valence-electron chi connectivity index (χ3n) is 3.15. The molecule has 0 atom stereocenters. The van der Waals surface area contributed by atoms with Gasteiger partial charge in [0.05, 0.1) is 12.1 Å². The number of hydrogen-bond donors (Lipinski definition) is 1. The normalized spacial score (nSPS) is 10.0. The number of amides is 1. The minimum atomic E-state index is -0.0481. The molecule has 0 fully saturated rings. The minimum Gasteiger partial charge on any atom is -0.467 e. The lowest BCUT2D eigenvalue weighted by molar-refractivity contribution is 0.0986. The molecule has 0 radical (unpaired) electrons. The van der Waals surface area contributed by atoms with Crippen LogP contribution in [-0.4, -0.2) is 12.5 Å². The molecule has 0 aliphatic carbocycles. The van der Waals surface area contributed by atoms with Crippen molar-refractivity contribution in [1.29, 1.82) is 0 Å². The first-order valence-electron chi connectivity index (χ1n) is 6.90. The topological polar surface area (TPSA) is 59.5 Å². The summed E-state index contributed by atoms with van der Waals surface area (Å²) in [5.74, 6) is 0.574. The smallest absolute Gasteiger partial charge is 0.261 e. The Bertz CT molecular complexity index is 554. The molecule has 114 valence electrons. The number of furan rings is 1. The van der Waals surface area contributed by atoms with Gasteiger partial charge in [-0.3, -0.25) is 4.79 Å². The minimum absolute atomic E-state index is 0. The van der Waals surface area contributed by atoms with E-state index in [4.69, 9.17) is 10.2 Å². The van der Waals surface area contributed by atoms with E-state index in [2.05, 4.69) is 6.92 Å². The summed E-state index contributed by atoms with van der Waals surface area (Å²) in [4.78, 5) is 14.4. The highest BCUT2D eigenvalue weighted by molar-refractivity contribution is 6.05.